The van der Waals surface area contributed by atoms with E-state index in [1.165, 1.54) is 5.57 Å². The number of carbonyl (C=O) groups is 1. The zero-order valence-electron chi connectivity index (χ0n) is 13.3. The lowest BCUT2D eigenvalue weighted by Crippen LogP contribution is -2.40. The van der Waals surface area contributed by atoms with Crippen molar-refractivity contribution in [1.29, 1.82) is 0 Å². The molecule has 0 unspecified atom stereocenters. The predicted octanol–water partition coefficient (Wildman–Crippen LogP) is 3.24. The van der Waals surface area contributed by atoms with Gasteiger partial charge in [0.05, 0.1) is 19.5 Å². The second kappa shape index (κ2) is 5.52. The number of hydrogen-bond acceptors (Lipinski definition) is 4. The van der Waals surface area contributed by atoms with Crippen LogP contribution in [0.15, 0.2) is 11.8 Å². The maximum absolute atomic E-state index is 12.1. The summed E-state index contributed by atoms with van der Waals surface area (Å²) in [6.45, 7) is 7.85. The summed E-state index contributed by atoms with van der Waals surface area (Å²) >= 11 is 0. The lowest BCUT2D eigenvalue weighted by Gasteiger charge is -2.34. The van der Waals surface area contributed by atoms with Gasteiger partial charge in [0.25, 0.3) is 0 Å². The molecule has 2 atom stereocenters. The summed E-state index contributed by atoms with van der Waals surface area (Å²) in [5, 5.41) is 0. The Balaban J connectivity index is 1.84. The van der Waals surface area contributed by atoms with Crippen LogP contribution >= 0.6 is 0 Å². The first kappa shape index (κ1) is 15.3. The molecule has 0 aromatic carbocycles. The molecule has 0 aromatic heterocycles. The van der Waals surface area contributed by atoms with E-state index in [0.717, 1.165) is 19.3 Å². The number of rotatable bonds is 2. The quantitative estimate of drug-likeness (QED) is 0.580. The topological polar surface area (TPSA) is 44.8 Å². The average molecular weight is 310 g/mol. The number of fused-ring (bicyclic) bond motifs is 2. The van der Waals surface area contributed by atoms with Crippen molar-refractivity contribution in [3.8, 4) is 0 Å². The minimum absolute atomic E-state index is 0.245. The lowest BCUT2D eigenvalue weighted by molar-refractivity contribution is -0.203. The van der Waals surface area contributed by atoms with Crippen LogP contribution < -0.4 is 0 Å². The van der Waals surface area contributed by atoms with Gasteiger partial charge in [-0.25, -0.2) is 0 Å². The second-order valence-electron chi connectivity index (χ2n) is 7.43. The molecule has 2 saturated carbocycles. The maximum Gasteiger partial charge on any atom is 0.241 e. The summed E-state index contributed by atoms with van der Waals surface area (Å²) in [7, 11) is -1.57. The van der Waals surface area contributed by atoms with E-state index in [-0.39, 0.29) is 5.92 Å². The molecule has 2 aliphatic carbocycles. The summed E-state index contributed by atoms with van der Waals surface area (Å²) in [5.41, 5.74) is 1.29. The zero-order valence-corrected chi connectivity index (χ0v) is 14.3. The molecular weight excluding hydrogens is 284 g/mol. The van der Waals surface area contributed by atoms with E-state index in [0.29, 0.717) is 37.8 Å². The Morgan fingerprint density at radius 2 is 1.95 bits per heavy atom. The van der Waals surface area contributed by atoms with Gasteiger partial charge in [0.1, 0.15) is 5.78 Å². The number of carbonyl (C=O) groups excluding carboxylic acids is 1. The van der Waals surface area contributed by atoms with Gasteiger partial charge in [-0.3, -0.25) is 4.79 Å². The highest BCUT2D eigenvalue weighted by atomic mass is 28.4. The Hall–Kier alpha value is -0.653. The molecule has 0 aromatic rings. The van der Waals surface area contributed by atoms with Gasteiger partial charge >= 0.3 is 0 Å². The van der Waals surface area contributed by atoms with Crippen LogP contribution in [-0.2, 0) is 18.7 Å². The van der Waals surface area contributed by atoms with Gasteiger partial charge in [-0.05, 0) is 44.0 Å². The van der Waals surface area contributed by atoms with Gasteiger partial charge in [-0.15, -0.1) is 0 Å². The summed E-state index contributed by atoms with van der Waals surface area (Å²) in [6, 6.07) is 0. The Labute approximate surface area is 128 Å². The van der Waals surface area contributed by atoms with E-state index < -0.39 is 14.1 Å². The van der Waals surface area contributed by atoms with Crippen molar-refractivity contribution in [2.45, 2.75) is 57.5 Å². The molecule has 1 heterocycles. The molecule has 0 radical (unpaired) electrons. The van der Waals surface area contributed by atoms with E-state index in [4.69, 9.17) is 13.9 Å². The normalized spacial score (nSPS) is 34.2. The highest BCUT2D eigenvalue weighted by Crippen LogP contribution is 2.51. The SMILES string of the molecule is C[Si](C)(C)O/C=C1\CC[C@@H]2[C@@H]1CC(=O)CCC21OCCO1. The van der Waals surface area contributed by atoms with Crippen LogP contribution in [0.2, 0.25) is 19.6 Å². The summed E-state index contributed by atoms with van der Waals surface area (Å²) < 4.78 is 17.9. The summed E-state index contributed by atoms with van der Waals surface area (Å²) in [6.07, 6.45) is 5.92. The third-order valence-corrected chi connectivity index (χ3v) is 5.64. The predicted molar refractivity (Wildman–Crippen MR) is 82.2 cm³/mol. The standard InChI is InChI=1S/C16H26O4Si/c1-21(2,3)20-11-12-4-5-15-14(12)10-13(17)6-7-16(15)18-8-9-19-16/h11,14-15H,4-10H2,1-3H3/b12-11+/t14-,15-/m1/s1. The minimum Gasteiger partial charge on any atom is -0.550 e. The second-order valence-corrected chi connectivity index (χ2v) is 11.9. The first-order valence-corrected chi connectivity index (χ1v) is 11.5. The fourth-order valence-corrected chi connectivity index (χ4v) is 4.35. The maximum atomic E-state index is 12.1. The van der Waals surface area contributed by atoms with Crippen molar-refractivity contribution in [3.63, 3.8) is 0 Å². The Morgan fingerprint density at radius 3 is 2.62 bits per heavy atom. The third-order valence-electron chi connectivity index (χ3n) is 4.81. The summed E-state index contributed by atoms with van der Waals surface area (Å²) in [4.78, 5) is 12.1. The van der Waals surface area contributed by atoms with Crippen LogP contribution in [0.5, 0.6) is 0 Å². The van der Waals surface area contributed by atoms with E-state index in [1.807, 2.05) is 6.26 Å². The summed E-state index contributed by atoms with van der Waals surface area (Å²) in [5.74, 6) is 0.380. The molecule has 0 bridgehead atoms. The zero-order chi connectivity index (χ0) is 15.1. The number of ether oxygens (including phenoxy) is 2. The van der Waals surface area contributed by atoms with Gasteiger partial charge < -0.3 is 13.9 Å². The molecule has 1 saturated heterocycles. The van der Waals surface area contributed by atoms with Crippen LogP contribution in [0.3, 0.4) is 0 Å². The van der Waals surface area contributed by atoms with Crippen LogP contribution in [0.4, 0.5) is 0 Å². The molecule has 0 N–H and O–H groups in total. The van der Waals surface area contributed by atoms with Gasteiger partial charge in [0.15, 0.2) is 5.79 Å². The van der Waals surface area contributed by atoms with Crippen LogP contribution in [0.25, 0.3) is 0 Å². The largest absolute Gasteiger partial charge is 0.550 e. The molecule has 0 amide bonds. The molecule has 21 heavy (non-hydrogen) atoms. The van der Waals surface area contributed by atoms with Crippen LogP contribution in [0, 0.1) is 11.8 Å². The number of hydrogen-bond donors (Lipinski definition) is 0. The third kappa shape index (κ3) is 3.10. The molecule has 5 heteroatoms. The Bertz CT molecular complexity index is 446. The van der Waals surface area contributed by atoms with E-state index in [2.05, 4.69) is 19.6 Å². The molecule has 3 fully saturated rings. The fourth-order valence-electron chi connectivity index (χ4n) is 3.84. The lowest BCUT2D eigenvalue weighted by atomic mass is 9.85. The van der Waals surface area contributed by atoms with Crippen molar-refractivity contribution in [3.05, 3.63) is 11.8 Å². The first-order chi connectivity index (χ1) is 9.90. The van der Waals surface area contributed by atoms with E-state index >= 15 is 0 Å². The molecule has 4 nitrogen and oxygen atoms in total. The van der Waals surface area contributed by atoms with E-state index in [9.17, 15) is 4.79 Å². The Kier molecular flexibility index (Phi) is 4.01. The molecule has 3 rings (SSSR count). The monoisotopic (exact) mass is 310 g/mol. The molecule has 1 aliphatic heterocycles. The van der Waals surface area contributed by atoms with Crippen molar-refractivity contribution in [2.75, 3.05) is 13.2 Å². The van der Waals surface area contributed by atoms with Crippen molar-refractivity contribution >= 4 is 14.1 Å². The Morgan fingerprint density at radius 1 is 1.24 bits per heavy atom. The van der Waals surface area contributed by atoms with Gasteiger partial charge in [0, 0.05) is 25.2 Å². The van der Waals surface area contributed by atoms with Gasteiger partial charge in [-0.2, -0.15) is 0 Å². The number of Topliss-reactive ketones (excluding diaryl/α,β-unsaturated/α-hetero) is 1. The molecule has 3 aliphatic rings. The minimum atomic E-state index is -1.57. The fraction of sp³-hybridized carbons (Fsp3) is 0.812. The number of allylic oxidation sites excluding steroid dienone is 1. The van der Waals surface area contributed by atoms with E-state index in [1.54, 1.807) is 0 Å². The highest BCUT2D eigenvalue weighted by Gasteiger charge is 2.53. The van der Waals surface area contributed by atoms with Crippen LogP contribution in [-0.4, -0.2) is 33.1 Å². The van der Waals surface area contributed by atoms with Crippen molar-refractivity contribution in [1.82, 2.24) is 0 Å². The molecular formula is C16H26O4Si. The van der Waals surface area contributed by atoms with Crippen molar-refractivity contribution < 1.29 is 18.7 Å². The van der Waals surface area contributed by atoms with Gasteiger partial charge in [-0.1, -0.05) is 0 Å². The van der Waals surface area contributed by atoms with Crippen molar-refractivity contribution in [2.24, 2.45) is 11.8 Å². The van der Waals surface area contributed by atoms with Gasteiger partial charge in [0.2, 0.25) is 8.32 Å². The molecule has 1 spiro atoms. The highest BCUT2D eigenvalue weighted by molar-refractivity contribution is 6.69. The molecule has 118 valence electrons. The van der Waals surface area contributed by atoms with Crippen LogP contribution in [0.1, 0.15) is 32.1 Å². The average Bonchev–Trinajstić information content (AvgIpc) is 2.98. The smallest absolute Gasteiger partial charge is 0.241 e. The number of ketones is 1. The first-order valence-electron chi connectivity index (χ1n) is 8.06.